The van der Waals surface area contributed by atoms with Gasteiger partial charge in [0.15, 0.2) is 0 Å². The van der Waals surface area contributed by atoms with Gasteiger partial charge in [0.1, 0.15) is 11.6 Å². The fourth-order valence-corrected chi connectivity index (χ4v) is 2.41. The SMILES string of the molecule is CCOC(=O)c1ccccc1NC(=O)/C(C#N)=C\NCC1CCCO1. The molecular formula is C18H21N3O4. The molecule has 1 atom stereocenters. The molecule has 1 aromatic rings. The number of amides is 1. The Morgan fingerprint density at radius 2 is 2.24 bits per heavy atom. The number of para-hydroxylation sites is 1. The minimum Gasteiger partial charge on any atom is -0.462 e. The van der Waals surface area contributed by atoms with Crippen molar-refractivity contribution < 1.29 is 19.1 Å². The Hall–Kier alpha value is -2.85. The van der Waals surface area contributed by atoms with Crippen molar-refractivity contribution in [2.75, 3.05) is 25.1 Å². The fraction of sp³-hybridized carbons (Fsp3) is 0.389. The smallest absolute Gasteiger partial charge is 0.340 e. The average Bonchev–Trinajstić information content (AvgIpc) is 3.12. The van der Waals surface area contributed by atoms with Crippen LogP contribution in [0.2, 0.25) is 0 Å². The molecule has 0 spiro atoms. The quantitative estimate of drug-likeness (QED) is 0.446. The number of carbonyl (C=O) groups excluding carboxylic acids is 2. The summed E-state index contributed by atoms with van der Waals surface area (Å²) in [5, 5.41) is 14.7. The Morgan fingerprint density at radius 1 is 1.44 bits per heavy atom. The first kappa shape index (κ1) is 18.5. The lowest BCUT2D eigenvalue weighted by Gasteiger charge is -2.11. The van der Waals surface area contributed by atoms with Crippen LogP contribution >= 0.6 is 0 Å². The van der Waals surface area contributed by atoms with E-state index in [0.717, 1.165) is 19.4 Å². The van der Waals surface area contributed by atoms with Gasteiger partial charge in [0.25, 0.3) is 5.91 Å². The summed E-state index contributed by atoms with van der Waals surface area (Å²) in [6.07, 6.45) is 3.45. The minimum atomic E-state index is -0.598. The van der Waals surface area contributed by atoms with Gasteiger partial charge in [-0.05, 0) is 31.9 Å². The van der Waals surface area contributed by atoms with Gasteiger partial charge in [0.2, 0.25) is 0 Å². The van der Waals surface area contributed by atoms with Crippen LogP contribution in [0.1, 0.15) is 30.1 Å². The van der Waals surface area contributed by atoms with Crippen LogP contribution in [0.4, 0.5) is 5.69 Å². The van der Waals surface area contributed by atoms with E-state index in [1.54, 1.807) is 31.2 Å². The van der Waals surface area contributed by atoms with E-state index >= 15 is 0 Å². The Morgan fingerprint density at radius 3 is 2.92 bits per heavy atom. The molecule has 132 valence electrons. The molecule has 7 nitrogen and oxygen atoms in total. The van der Waals surface area contributed by atoms with Crippen LogP contribution in [0.15, 0.2) is 36.0 Å². The topological polar surface area (TPSA) is 100 Å². The van der Waals surface area contributed by atoms with Crippen LogP contribution < -0.4 is 10.6 Å². The summed E-state index contributed by atoms with van der Waals surface area (Å²) in [5.41, 5.74) is 0.449. The predicted octanol–water partition coefficient (Wildman–Crippen LogP) is 1.98. The molecule has 2 N–H and O–H groups in total. The van der Waals surface area contributed by atoms with E-state index in [1.165, 1.54) is 6.20 Å². The molecule has 1 unspecified atom stereocenters. The number of rotatable bonds is 7. The Kier molecular flexibility index (Phi) is 6.99. The van der Waals surface area contributed by atoms with Crippen molar-refractivity contribution in [2.24, 2.45) is 0 Å². The van der Waals surface area contributed by atoms with Gasteiger partial charge >= 0.3 is 5.97 Å². The van der Waals surface area contributed by atoms with Gasteiger partial charge in [-0.2, -0.15) is 5.26 Å². The van der Waals surface area contributed by atoms with Crippen molar-refractivity contribution in [3.8, 4) is 6.07 Å². The summed E-state index contributed by atoms with van der Waals surface area (Å²) in [4.78, 5) is 24.2. The molecular weight excluding hydrogens is 322 g/mol. The Balaban J connectivity index is 2.01. The monoisotopic (exact) mass is 343 g/mol. The molecule has 1 amide bonds. The van der Waals surface area contributed by atoms with Gasteiger partial charge < -0.3 is 20.1 Å². The zero-order valence-corrected chi connectivity index (χ0v) is 14.1. The number of ether oxygens (including phenoxy) is 2. The second kappa shape index (κ2) is 9.45. The first-order valence-electron chi connectivity index (χ1n) is 8.18. The van der Waals surface area contributed by atoms with Crippen molar-refractivity contribution in [3.63, 3.8) is 0 Å². The molecule has 0 radical (unpaired) electrons. The van der Waals surface area contributed by atoms with Crippen molar-refractivity contribution in [1.82, 2.24) is 5.32 Å². The van der Waals surface area contributed by atoms with Crippen molar-refractivity contribution in [2.45, 2.75) is 25.9 Å². The number of nitrogens with one attached hydrogen (secondary N) is 2. The zero-order valence-electron chi connectivity index (χ0n) is 14.1. The molecule has 0 aliphatic carbocycles. The third-order valence-corrected chi connectivity index (χ3v) is 3.65. The summed E-state index contributed by atoms with van der Waals surface area (Å²) in [5.74, 6) is -1.13. The maximum absolute atomic E-state index is 12.3. The lowest BCUT2D eigenvalue weighted by atomic mass is 10.1. The molecule has 0 bridgehead atoms. The number of hydrogen-bond donors (Lipinski definition) is 2. The van der Waals surface area contributed by atoms with Crippen molar-refractivity contribution in [3.05, 3.63) is 41.6 Å². The normalized spacial score (nSPS) is 16.8. The molecule has 1 saturated heterocycles. The van der Waals surface area contributed by atoms with Crippen molar-refractivity contribution >= 4 is 17.6 Å². The highest BCUT2D eigenvalue weighted by molar-refractivity contribution is 6.09. The highest BCUT2D eigenvalue weighted by atomic mass is 16.5. The highest BCUT2D eigenvalue weighted by Gasteiger charge is 2.17. The highest BCUT2D eigenvalue weighted by Crippen LogP contribution is 2.17. The van der Waals surface area contributed by atoms with E-state index in [-0.39, 0.29) is 23.8 Å². The lowest BCUT2D eigenvalue weighted by molar-refractivity contribution is -0.112. The third kappa shape index (κ3) is 5.33. The minimum absolute atomic E-state index is 0.0864. The lowest BCUT2D eigenvalue weighted by Crippen LogP contribution is -2.24. The van der Waals surface area contributed by atoms with Crippen LogP contribution in [-0.4, -0.2) is 37.7 Å². The van der Waals surface area contributed by atoms with Gasteiger partial charge in [0, 0.05) is 19.4 Å². The van der Waals surface area contributed by atoms with Crippen LogP contribution in [0.3, 0.4) is 0 Å². The Bertz CT molecular complexity index is 688. The molecule has 25 heavy (non-hydrogen) atoms. The summed E-state index contributed by atoms with van der Waals surface area (Å²) in [7, 11) is 0. The van der Waals surface area contributed by atoms with Gasteiger partial charge in [0.05, 0.1) is 24.0 Å². The van der Waals surface area contributed by atoms with Crippen LogP contribution in [0, 0.1) is 11.3 Å². The largest absolute Gasteiger partial charge is 0.462 e. The predicted molar refractivity (Wildman–Crippen MR) is 91.7 cm³/mol. The molecule has 0 saturated carbocycles. The van der Waals surface area contributed by atoms with Crippen LogP contribution in [0.5, 0.6) is 0 Å². The zero-order chi connectivity index (χ0) is 18.1. The van der Waals surface area contributed by atoms with Gasteiger partial charge in [-0.25, -0.2) is 4.79 Å². The molecule has 1 aromatic carbocycles. The molecule has 1 fully saturated rings. The molecule has 1 heterocycles. The van der Waals surface area contributed by atoms with Gasteiger partial charge in [-0.3, -0.25) is 4.79 Å². The van der Waals surface area contributed by atoms with Gasteiger partial charge in [-0.15, -0.1) is 0 Å². The molecule has 1 aliphatic rings. The standard InChI is InChI=1S/C18H21N3O4/c1-2-24-18(23)15-7-3-4-8-16(15)21-17(22)13(10-19)11-20-12-14-6-5-9-25-14/h3-4,7-8,11,14,20H,2,5-6,9,12H2,1H3,(H,21,22)/b13-11-. The fourth-order valence-electron chi connectivity index (χ4n) is 2.41. The number of anilines is 1. The van der Waals surface area contributed by atoms with E-state index < -0.39 is 11.9 Å². The first-order valence-corrected chi connectivity index (χ1v) is 8.18. The number of nitriles is 1. The Labute approximate surface area is 146 Å². The van der Waals surface area contributed by atoms with E-state index in [1.807, 2.05) is 6.07 Å². The van der Waals surface area contributed by atoms with Gasteiger partial charge in [-0.1, -0.05) is 12.1 Å². The summed E-state index contributed by atoms with van der Waals surface area (Å²) >= 11 is 0. The number of nitrogens with zero attached hydrogens (tertiary/aromatic N) is 1. The molecule has 2 rings (SSSR count). The van der Waals surface area contributed by atoms with E-state index in [9.17, 15) is 14.9 Å². The molecule has 0 aromatic heterocycles. The second-order valence-corrected chi connectivity index (χ2v) is 5.43. The summed E-state index contributed by atoms with van der Waals surface area (Å²) in [6.45, 7) is 3.22. The van der Waals surface area contributed by atoms with Crippen LogP contribution in [0.25, 0.3) is 0 Å². The van der Waals surface area contributed by atoms with E-state index in [0.29, 0.717) is 12.2 Å². The van der Waals surface area contributed by atoms with Crippen LogP contribution in [-0.2, 0) is 14.3 Å². The first-order chi connectivity index (χ1) is 12.2. The molecule has 7 heteroatoms. The number of esters is 1. The maximum Gasteiger partial charge on any atom is 0.340 e. The van der Waals surface area contributed by atoms with E-state index in [2.05, 4.69) is 10.6 Å². The maximum atomic E-state index is 12.3. The number of hydrogen-bond acceptors (Lipinski definition) is 6. The van der Waals surface area contributed by atoms with Crippen molar-refractivity contribution in [1.29, 1.82) is 5.26 Å². The second-order valence-electron chi connectivity index (χ2n) is 5.43. The summed E-state index contributed by atoms with van der Waals surface area (Å²) < 4.78 is 10.4. The molecule has 1 aliphatic heterocycles. The summed E-state index contributed by atoms with van der Waals surface area (Å²) in [6, 6.07) is 8.34. The third-order valence-electron chi connectivity index (χ3n) is 3.65. The van der Waals surface area contributed by atoms with E-state index in [4.69, 9.17) is 9.47 Å². The number of carbonyl (C=O) groups is 2. The average molecular weight is 343 g/mol. The number of benzene rings is 1.